The first kappa shape index (κ1) is 21.6. The van der Waals surface area contributed by atoms with Crippen LogP contribution in [0.2, 0.25) is 0 Å². The Kier molecular flexibility index (Phi) is 6.82. The predicted octanol–water partition coefficient (Wildman–Crippen LogP) is 4.69. The molecule has 1 aromatic carbocycles. The van der Waals surface area contributed by atoms with E-state index in [0.29, 0.717) is 16.5 Å². The second kappa shape index (κ2) is 9.15. The van der Waals surface area contributed by atoms with Gasteiger partial charge in [-0.3, -0.25) is 0 Å². The number of ether oxygens (including phenoxy) is 1. The van der Waals surface area contributed by atoms with Crippen LogP contribution in [-0.4, -0.2) is 35.9 Å². The lowest BCUT2D eigenvalue weighted by Crippen LogP contribution is -2.24. The van der Waals surface area contributed by atoms with Crippen LogP contribution in [0, 0.1) is 5.92 Å². The molecule has 3 rings (SSSR count). The van der Waals surface area contributed by atoms with Gasteiger partial charge >= 0.3 is 5.97 Å². The molecule has 1 aromatic heterocycles. The molecule has 0 saturated carbocycles. The van der Waals surface area contributed by atoms with Gasteiger partial charge in [-0.25, -0.2) is 4.79 Å². The van der Waals surface area contributed by atoms with Gasteiger partial charge in [0, 0.05) is 24.4 Å². The van der Waals surface area contributed by atoms with Crippen molar-refractivity contribution >= 4 is 28.0 Å². The van der Waals surface area contributed by atoms with Crippen molar-refractivity contribution in [2.45, 2.75) is 45.3 Å². The second-order valence-corrected chi connectivity index (χ2v) is 9.42. The minimum absolute atomic E-state index is 0.231. The molecule has 158 valence electrons. The molecule has 2 aromatic rings. The summed E-state index contributed by atoms with van der Waals surface area (Å²) < 4.78 is 5.50. The SMILES string of the molecule is CC(C)(C)c1csc(NC(O)c2ccc(NCC3CCCOC3)cc2)c1C(=O)O. The number of nitrogens with one attached hydrogen (secondary N) is 2. The number of hydrogen-bond acceptors (Lipinski definition) is 6. The molecule has 7 heteroatoms. The standard InChI is InChI=1S/C22H30N2O4S/c1-22(2,3)17-13-29-20(18(17)21(26)27)24-19(25)15-6-8-16(9-7-15)23-11-14-5-4-10-28-12-14/h6-9,13-14,19,23-25H,4-5,10-12H2,1-3H3,(H,26,27). The number of benzene rings is 1. The Bertz CT molecular complexity index is 820. The van der Waals surface area contributed by atoms with E-state index in [-0.39, 0.29) is 11.0 Å². The van der Waals surface area contributed by atoms with Crippen molar-refractivity contribution in [3.8, 4) is 0 Å². The van der Waals surface area contributed by atoms with Gasteiger partial charge in [0.15, 0.2) is 6.23 Å². The predicted molar refractivity (Wildman–Crippen MR) is 117 cm³/mol. The summed E-state index contributed by atoms with van der Waals surface area (Å²) in [6.07, 6.45) is 1.30. The zero-order valence-corrected chi connectivity index (χ0v) is 18.0. The highest BCUT2D eigenvalue weighted by Crippen LogP contribution is 2.37. The summed E-state index contributed by atoms with van der Waals surface area (Å²) >= 11 is 1.31. The number of hydrogen-bond donors (Lipinski definition) is 4. The molecule has 2 atom stereocenters. The smallest absolute Gasteiger partial charge is 0.339 e. The molecular weight excluding hydrogens is 388 g/mol. The summed E-state index contributed by atoms with van der Waals surface area (Å²) in [6.45, 7) is 8.47. The van der Waals surface area contributed by atoms with Crippen LogP contribution in [-0.2, 0) is 10.2 Å². The van der Waals surface area contributed by atoms with E-state index in [1.807, 2.05) is 50.4 Å². The Balaban J connectivity index is 1.64. The number of rotatable bonds is 7. The van der Waals surface area contributed by atoms with Gasteiger partial charge in [0.25, 0.3) is 0 Å². The number of aliphatic hydroxyl groups is 1. The van der Waals surface area contributed by atoms with Crippen molar-refractivity contribution in [2.75, 3.05) is 30.4 Å². The van der Waals surface area contributed by atoms with Gasteiger partial charge in [0.05, 0.1) is 12.2 Å². The molecule has 2 heterocycles. The zero-order valence-electron chi connectivity index (χ0n) is 17.2. The number of anilines is 2. The lowest BCUT2D eigenvalue weighted by molar-refractivity contribution is 0.0595. The van der Waals surface area contributed by atoms with E-state index in [2.05, 4.69) is 10.6 Å². The van der Waals surface area contributed by atoms with Crippen molar-refractivity contribution < 1.29 is 19.7 Å². The summed E-state index contributed by atoms with van der Waals surface area (Å²) in [5, 5.41) is 28.9. The van der Waals surface area contributed by atoms with Crippen molar-refractivity contribution in [3.05, 3.63) is 46.3 Å². The number of aliphatic hydroxyl groups excluding tert-OH is 1. The maximum Gasteiger partial charge on any atom is 0.339 e. The molecule has 1 aliphatic heterocycles. The van der Waals surface area contributed by atoms with Crippen LogP contribution in [0.15, 0.2) is 29.6 Å². The van der Waals surface area contributed by atoms with Crippen LogP contribution >= 0.6 is 11.3 Å². The fourth-order valence-corrected chi connectivity index (χ4v) is 4.65. The molecule has 0 bridgehead atoms. The zero-order chi connectivity index (χ0) is 21.0. The first-order valence-corrected chi connectivity index (χ1v) is 10.8. The summed E-state index contributed by atoms with van der Waals surface area (Å²) in [5.74, 6) is -0.460. The van der Waals surface area contributed by atoms with E-state index < -0.39 is 12.2 Å². The average Bonchev–Trinajstić information content (AvgIpc) is 3.12. The minimum atomic E-state index is -0.989. The Morgan fingerprint density at radius 1 is 1.31 bits per heavy atom. The van der Waals surface area contributed by atoms with Gasteiger partial charge in [0.2, 0.25) is 0 Å². The first-order valence-electron chi connectivity index (χ1n) is 9.97. The normalized spacial score (nSPS) is 18.3. The first-order chi connectivity index (χ1) is 13.8. The molecule has 29 heavy (non-hydrogen) atoms. The minimum Gasteiger partial charge on any atom is -0.478 e. The fraction of sp³-hybridized carbons (Fsp3) is 0.500. The Morgan fingerprint density at radius 2 is 2.03 bits per heavy atom. The van der Waals surface area contributed by atoms with Crippen molar-refractivity contribution in [3.63, 3.8) is 0 Å². The number of aromatic carboxylic acids is 1. The Morgan fingerprint density at radius 3 is 2.62 bits per heavy atom. The fourth-order valence-electron chi connectivity index (χ4n) is 3.45. The summed E-state index contributed by atoms with van der Waals surface area (Å²) in [5.41, 5.74) is 2.37. The van der Waals surface area contributed by atoms with Gasteiger partial charge in [-0.2, -0.15) is 0 Å². The number of thiophene rings is 1. The quantitative estimate of drug-likeness (QED) is 0.488. The molecule has 1 fully saturated rings. The van der Waals surface area contributed by atoms with Crippen LogP contribution in [0.3, 0.4) is 0 Å². The van der Waals surface area contributed by atoms with E-state index >= 15 is 0 Å². The third-order valence-electron chi connectivity index (χ3n) is 5.16. The summed E-state index contributed by atoms with van der Waals surface area (Å²) in [7, 11) is 0. The molecule has 1 saturated heterocycles. The van der Waals surface area contributed by atoms with Crippen LogP contribution in [0.5, 0.6) is 0 Å². The molecular formula is C22H30N2O4S. The van der Waals surface area contributed by atoms with Gasteiger partial charge in [-0.1, -0.05) is 32.9 Å². The highest BCUT2D eigenvalue weighted by Gasteiger charge is 2.27. The second-order valence-electron chi connectivity index (χ2n) is 8.54. The number of carboxylic acids is 1. The van der Waals surface area contributed by atoms with E-state index in [4.69, 9.17) is 4.74 Å². The van der Waals surface area contributed by atoms with Crippen LogP contribution in [0.1, 0.15) is 61.3 Å². The Labute approximate surface area is 175 Å². The van der Waals surface area contributed by atoms with Crippen LogP contribution < -0.4 is 10.6 Å². The lowest BCUT2D eigenvalue weighted by Gasteiger charge is -2.23. The van der Waals surface area contributed by atoms with Crippen molar-refractivity contribution in [1.29, 1.82) is 0 Å². The van der Waals surface area contributed by atoms with E-state index in [1.165, 1.54) is 17.8 Å². The van der Waals surface area contributed by atoms with Crippen molar-refractivity contribution in [2.24, 2.45) is 5.92 Å². The Hall–Kier alpha value is -2.09. The molecule has 1 aliphatic rings. The number of carboxylic acid groups (broad SMARTS) is 1. The largest absolute Gasteiger partial charge is 0.478 e. The molecule has 0 spiro atoms. The van der Waals surface area contributed by atoms with E-state index in [0.717, 1.165) is 37.4 Å². The third-order valence-corrected chi connectivity index (χ3v) is 6.07. The molecule has 6 nitrogen and oxygen atoms in total. The molecule has 0 aliphatic carbocycles. The summed E-state index contributed by atoms with van der Waals surface area (Å²) in [4.78, 5) is 11.8. The highest BCUT2D eigenvalue weighted by atomic mass is 32.1. The van der Waals surface area contributed by atoms with E-state index in [1.54, 1.807) is 0 Å². The maximum atomic E-state index is 11.8. The lowest BCUT2D eigenvalue weighted by atomic mass is 9.86. The average molecular weight is 419 g/mol. The monoisotopic (exact) mass is 418 g/mol. The van der Waals surface area contributed by atoms with Gasteiger partial charge in [-0.15, -0.1) is 11.3 Å². The molecule has 2 unspecified atom stereocenters. The van der Waals surface area contributed by atoms with E-state index in [9.17, 15) is 15.0 Å². The van der Waals surface area contributed by atoms with Gasteiger partial charge in [-0.05, 0) is 47.3 Å². The van der Waals surface area contributed by atoms with Crippen LogP contribution in [0.4, 0.5) is 10.7 Å². The van der Waals surface area contributed by atoms with Crippen LogP contribution in [0.25, 0.3) is 0 Å². The van der Waals surface area contributed by atoms with Gasteiger partial charge < -0.3 is 25.6 Å². The molecule has 0 radical (unpaired) electrons. The summed E-state index contributed by atoms with van der Waals surface area (Å²) in [6, 6.07) is 7.54. The third kappa shape index (κ3) is 5.50. The highest BCUT2D eigenvalue weighted by molar-refractivity contribution is 7.14. The number of carbonyl (C=O) groups is 1. The topological polar surface area (TPSA) is 90.8 Å². The van der Waals surface area contributed by atoms with Gasteiger partial charge in [0.1, 0.15) is 5.00 Å². The van der Waals surface area contributed by atoms with Crippen molar-refractivity contribution in [1.82, 2.24) is 0 Å². The maximum absolute atomic E-state index is 11.8. The molecule has 0 amide bonds. The molecule has 4 N–H and O–H groups in total.